The summed E-state index contributed by atoms with van der Waals surface area (Å²) in [6.07, 6.45) is -10.5. The van der Waals surface area contributed by atoms with E-state index in [0.29, 0.717) is 6.07 Å². The minimum Gasteiger partial charge on any atom is -0.508 e. The molecule has 35 heavy (non-hydrogen) atoms. The van der Waals surface area contributed by atoms with Crippen molar-refractivity contribution in [1.29, 1.82) is 0 Å². The lowest BCUT2D eigenvalue weighted by Crippen LogP contribution is -2.74. The van der Waals surface area contributed by atoms with Gasteiger partial charge in [-0.25, -0.2) is 0 Å². The number of hydrogen-bond acceptors (Lipinski definition) is 2. The predicted octanol–water partition coefficient (Wildman–Crippen LogP) is 7.17. The molecule has 0 bridgehead atoms. The van der Waals surface area contributed by atoms with E-state index in [-0.39, 0.29) is 0 Å². The topological polar surface area (TPSA) is 29.5 Å². The molecule has 1 aromatic rings. The molecule has 0 fully saturated rings. The standard InChI is InChI=1S/C16H9F17O2/c17-9(18,4-5-35-8-3-1-2-7(34)6-8)10(19,20)11(21,22)12(23,24)13(25,26)14(27,28)15(29,30)16(31,32)33/h1-3,6,34H,4-5H2. The predicted molar refractivity (Wildman–Crippen MR) is 78.9 cm³/mol. The molecule has 0 aliphatic carbocycles. The lowest BCUT2D eigenvalue weighted by molar-refractivity contribution is -0.461. The summed E-state index contributed by atoms with van der Waals surface area (Å²) in [5.74, 6) is -57.8. The third-order valence-electron chi connectivity index (χ3n) is 4.29. The van der Waals surface area contributed by atoms with Gasteiger partial charge in [-0.15, -0.1) is 0 Å². The smallest absolute Gasteiger partial charge is 0.460 e. The van der Waals surface area contributed by atoms with E-state index in [1.807, 2.05) is 0 Å². The number of benzene rings is 1. The van der Waals surface area contributed by atoms with E-state index in [1.165, 1.54) is 0 Å². The fourth-order valence-corrected chi connectivity index (χ4v) is 2.22. The van der Waals surface area contributed by atoms with E-state index in [1.54, 1.807) is 0 Å². The van der Waals surface area contributed by atoms with Crippen LogP contribution < -0.4 is 4.74 Å². The molecular weight excluding hydrogens is 547 g/mol. The molecule has 0 amide bonds. The van der Waals surface area contributed by atoms with Gasteiger partial charge in [-0.2, -0.15) is 74.6 Å². The van der Waals surface area contributed by atoms with Crippen LogP contribution in [0.2, 0.25) is 0 Å². The number of halogens is 17. The number of ether oxygens (including phenoxy) is 1. The van der Waals surface area contributed by atoms with Crippen LogP contribution >= 0.6 is 0 Å². The molecule has 0 unspecified atom stereocenters. The van der Waals surface area contributed by atoms with Gasteiger partial charge >= 0.3 is 47.6 Å². The first-order chi connectivity index (χ1) is 15.2. The van der Waals surface area contributed by atoms with E-state index in [0.717, 1.165) is 18.2 Å². The zero-order chi connectivity index (χ0) is 28.1. The minimum absolute atomic E-state index is 0.596. The fourth-order valence-electron chi connectivity index (χ4n) is 2.22. The Morgan fingerprint density at radius 1 is 0.571 bits per heavy atom. The highest BCUT2D eigenvalue weighted by Gasteiger charge is 2.95. The highest BCUT2D eigenvalue weighted by Crippen LogP contribution is 2.64. The molecule has 19 heteroatoms. The Hall–Kier alpha value is -2.37. The van der Waals surface area contributed by atoms with Crippen molar-refractivity contribution in [3.05, 3.63) is 24.3 Å². The van der Waals surface area contributed by atoms with Crippen LogP contribution in [0.25, 0.3) is 0 Å². The maximum absolute atomic E-state index is 13.7. The Morgan fingerprint density at radius 3 is 1.37 bits per heavy atom. The van der Waals surface area contributed by atoms with Crippen molar-refractivity contribution in [2.75, 3.05) is 6.61 Å². The fraction of sp³-hybridized carbons (Fsp3) is 0.625. The summed E-state index contributed by atoms with van der Waals surface area (Å²) < 4.78 is 227. The molecule has 1 rings (SSSR count). The van der Waals surface area contributed by atoms with Crippen molar-refractivity contribution in [2.45, 2.75) is 54.1 Å². The normalized spacial score (nSPS) is 15.3. The molecule has 204 valence electrons. The van der Waals surface area contributed by atoms with Gasteiger partial charge in [-0.1, -0.05) is 6.07 Å². The zero-order valence-corrected chi connectivity index (χ0v) is 16.0. The average molecular weight is 556 g/mol. The van der Waals surface area contributed by atoms with E-state index in [9.17, 15) is 74.6 Å². The first kappa shape index (κ1) is 30.7. The zero-order valence-electron chi connectivity index (χ0n) is 16.0. The molecule has 1 aromatic carbocycles. The molecule has 1 N–H and O–H groups in total. The quantitative estimate of drug-likeness (QED) is 0.310. The second-order valence-corrected chi connectivity index (χ2v) is 6.74. The molecule has 0 aromatic heterocycles. The maximum atomic E-state index is 13.7. The number of aromatic hydroxyl groups is 1. The number of hydrogen-bond donors (Lipinski definition) is 1. The highest BCUT2D eigenvalue weighted by molar-refractivity contribution is 5.31. The summed E-state index contributed by atoms with van der Waals surface area (Å²) in [7, 11) is 0. The second kappa shape index (κ2) is 8.63. The molecule has 0 radical (unpaired) electrons. The van der Waals surface area contributed by atoms with Gasteiger partial charge < -0.3 is 9.84 Å². The molecule has 0 spiro atoms. The Kier molecular flexibility index (Phi) is 7.56. The second-order valence-electron chi connectivity index (χ2n) is 6.74. The number of alkyl halides is 17. The van der Waals surface area contributed by atoms with E-state index >= 15 is 0 Å². The lowest BCUT2D eigenvalue weighted by atomic mass is 9.88. The van der Waals surface area contributed by atoms with Crippen LogP contribution in [0.1, 0.15) is 6.42 Å². The van der Waals surface area contributed by atoms with Crippen molar-refractivity contribution in [3.8, 4) is 11.5 Å². The minimum atomic E-state index is -8.65. The Balaban J connectivity index is 3.35. The summed E-state index contributed by atoms with van der Waals surface area (Å²) in [4.78, 5) is 0. The third kappa shape index (κ3) is 4.61. The van der Waals surface area contributed by atoms with Gasteiger partial charge in [0.2, 0.25) is 0 Å². The van der Waals surface area contributed by atoms with Gasteiger partial charge in [0.15, 0.2) is 0 Å². The average Bonchev–Trinajstić information content (AvgIpc) is 2.66. The molecular formula is C16H9F17O2. The molecule has 0 atom stereocenters. The van der Waals surface area contributed by atoms with Gasteiger partial charge in [0.1, 0.15) is 11.5 Å². The van der Waals surface area contributed by atoms with Crippen LogP contribution in [0, 0.1) is 0 Å². The van der Waals surface area contributed by atoms with Crippen LogP contribution in [-0.4, -0.2) is 59.3 Å². The summed E-state index contributed by atoms with van der Waals surface area (Å²) in [6.45, 7) is -1.79. The first-order valence-corrected chi connectivity index (χ1v) is 8.35. The Morgan fingerprint density at radius 2 is 0.971 bits per heavy atom. The largest absolute Gasteiger partial charge is 0.508 e. The van der Waals surface area contributed by atoms with Crippen molar-refractivity contribution in [1.82, 2.24) is 0 Å². The van der Waals surface area contributed by atoms with Crippen LogP contribution in [0.3, 0.4) is 0 Å². The summed E-state index contributed by atoms with van der Waals surface area (Å²) in [5.41, 5.74) is 0. The SMILES string of the molecule is Oc1cccc(OCCC(F)(F)C(F)(F)C(F)(F)C(F)(F)C(F)(F)C(F)(F)C(F)(F)C(F)(F)F)c1. The van der Waals surface area contributed by atoms with Crippen molar-refractivity contribution < 1.29 is 84.5 Å². The van der Waals surface area contributed by atoms with Gasteiger partial charge in [0.25, 0.3) is 0 Å². The van der Waals surface area contributed by atoms with Gasteiger partial charge in [0, 0.05) is 6.07 Å². The van der Waals surface area contributed by atoms with Crippen molar-refractivity contribution >= 4 is 0 Å². The van der Waals surface area contributed by atoms with E-state index in [4.69, 9.17) is 5.11 Å². The maximum Gasteiger partial charge on any atom is 0.460 e. The monoisotopic (exact) mass is 556 g/mol. The summed E-state index contributed by atoms with van der Waals surface area (Å²) >= 11 is 0. The van der Waals surface area contributed by atoms with Crippen LogP contribution in [-0.2, 0) is 0 Å². The molecule has 0 aliphatic heterocycles. The van der Waals surface area contributed by atoms with Crippen LogP contribution in [0.15, 0.2) is 24.3 Å². The Labute approximate surface area is 182 Å². The van der Waals surface area contributed by atoms with Gasteiger partial charge in [-0.3, -0.25) is 0 Å². The van der Waals surface area contributed by atoms with Crippen LogP contribution in [0.5, 0.6) is 11.5 Å². The molecule has 0 aliphatic rings. The number of phenolic OH excluding ortho intramolecular Hbond substituents is 1. The molecule has 0 heterocycles. The number of phenols is 1. The van der Waals surface area contributed by atoms with E-state index < -0.39 is 72.2 Å². The summed E-state index contributed by atoms with van der Waals surface area (Å²) in [5, 5.41) is 9.06. The highest BCUT2D eigenvalue weighted by atomic mass is 19.4. The molecule has 2 nitrogen and oxygen atoms in total. The van der Waals surface area contributed by atoms with Crippen LogP contribution in [0.4, 0.5) is 74.6 Å². The van der Waals surface area contributed by atoms with Gasteiger partial charge in [0.05, 0.1) is 13.0 Å². The third-order valence-corrected chi connectivity index (χ3v) is 4.29. The molecule has 0 saturated carbocycles. The lowest BCUT2D eigenvalue weighted by Gasteiger charge is -2.42. The summed E-state index contributed by atoms with van der Waals surface area (Å²) in [6, 6.07) is 3.45. The van der Waals surface area contributed by atoms with Crippen molar-refractivity contribution in [3.63, 3.8) is 0 Å². The van der Waals surface area contributed by atoms with Gasteiger partial charge in [-0.05, 0) is 12.1 Å². The molecule has 0 saturated heterocycles. The first-order valence-electron chi connectivity index (χ1n) is 8.35. The van der Waals surface area contributed by atoms with E-state index in [2.05, 4.69) is 4.74 Å². The Bertz CT molecular complexity index is 890. The van der Waals surface area contributed by atoms with Crippen molar-refractivity contribution in [2.24, 2.45) is 0 Å². The number of rotatable bonds is 10.